The van der Waals surface area contributed by atoms with Crippen molar-refractivity contribution in [1.82, 2.24) is 5.32 Å². The van der Waals surface area contributed by atoms with Gasteiger partial charge in [0.05, 0.1) is 6.61 Å². The minimum absolute atomic E-state index is 0.134. The Bertz CT molecular complexity index is 270. The fourth-order valence-corrected chi connectivity index (χ4v) is 3.26. The Morgan fingerprint density at radius 3 is 2.47 bits per heavy atom. The lowest BCUT2D eigenvalue weighted by atomic mass is 9.96. The van der Waals surface area contributed by atoms with Crippen LogP contribution in [-0.4, -0.2) is 44.9 Å². The molecule has 3 unspecified atom stereocenters. The summed E-state index contributed by atoms with van der Waals surface area (Å²) in [6.45, 7) is 5.86. The van der Waals surface area contributed by atoms with Crippen LogP contribution in [0.2, 0.25) is 0 Å². The van der Waals surface area contributed by atoms with Crippen molar-refractivity contribution in [3.05, 3.63) is 0 Å². The highest BCUT2D eigenvalue weighted by molar-refractivity contribution is 8.00. The molecular weight excluding hydrogens is 238 g/mol. The minimum Gasteiger partial charge on any atom is -0.480 e. The van der Waals surface area contributed by atoms with Crippen LogP contribution in [0.1, 0.15) is 40.0 Å². The monoisotopic (exact) mass is 261 g/mol. The van der Waals surface area contributed by atoms with Crippen LogP contribution in [0.4, 0.5) is 0 Å². The molecule has 0 amide bonds. The van der Waals surface area contributed by atoms with Crippen molar-refractivity contribution >= 4 is 17.7 Å². The molecule has 0 spiro atoms. The summed E-state index contributed by atoms with van der Waals surface area (Å²) in [5.74, 6) is -0.784. The third-order valence-corrected chi connectivity index (χ3v) is 4.23. The summed E-state index contributed by atoms with van der Waals surface area (Å²) in [5, 5.41) is 21.9. The van der Waals surface area contributed by atoms with E-state index in [1.54, 1.807) is 18.7 Å². The van der Waals surface area contributed by atoms with Gasteiger partial charge in [0.15, 0.2) is 0 Å². The zero-order valence-corrected chi connectivity index (χ0v) is 11.6. The van der Waals surface area contributed by atoms with E-state index < -0.39 is 11.5 Å². The van der Waals surface area contributed by atoms with Gasteiger partial charge in [-0.05, 0) is 26.2 Å². The van der Waals surface area contributed by atoms with Gasteiger partial charge < -0.3 is 10.2 Å². The molecular formula is C12H23NO3S. The molecule has 0 heterocycles. The smallest absolute Gasteiger partial charge is 0.323 e. The second-order valence-corrected chi connectivity index (χ2v) is 7.08. The van der Waals surface area contributed by atoms with E-state index >= 15 is 0 Å². The van der Waals surface area contributed by atoms with E-state index in [9.17, 15) is 9.90 Å². The first-order valence-corrected chi connectivity index (χ1v) is 7.09. The number of aliphatic carboxylic acids is 1. The molecule has 1 aliphatic rings. The van der Waals surface area contributed by atoms with Crippen LogP contribution in [-0.2, 0) is 4.79 Å². The molecule has 0 aliphatic heterocycles. The Balaban J connectivity index is 2.49. The number of thioether (sulfide) groups is 1. The van der Waals surface area contributed by atoms with Gasteiger partial charge >= 0.3 is 5.97 Å². The van der Waals surface area contributed by atoms with E-state index in [0.717, 1.165) is 12.8 Å². The molecule has 5 heteroatoms. The summed E-state index contributed by atoms with van der Waals surface area (Å²) < 4.78 is 0. The molecule has 17 heavy (non-hydrogen) atoms. The van der Waals surface area contributed by atoms with E-state index in [0.29, 0.717) is 12.5 Å². The van der Waals surface area contributed by atoms with Crippen molar-refractivity contribution in [2.75, 3.05) is 6.61 Å². The summed E-state index contributed by atoms with van der Waals surface area (Å²) in [7, 11) is 0. The van der Waals surface area contributed by atoms with Crippen LogP contribution in [0.15, 0.2) is 0 Å². The molecule has 0 aromatic rings. The van der Waals surface area contributed by atoms with Gasteiger partial charge in [-0.15, -0.1) is 0 Å². The van der Waals surface area contributed by atoms with Crippen LogP contribution in [0.25, 0.3) is 0 Å². The average molecular weight is 261 g/mol. The van der Waals surface area contributed by atoms with Crippen molar-refractivity contribution in [3.8, 4) is 0 Å². The highest BCUT2D eigenvalue weighted by atomic mass is 32.2. The molecule has 1 saturated carbocycles. The third kappa shape index (κ3) is 4.85. The number of aliphatic hydroxyl groups excluding tert-OH is 1. The van der Waals surface area contributed by atoms with Crippen LogP contribution in [0, 0.1) is 0 Å². The molecule has 0 aromatic carbocycles. The molecule has 0 radical (unpaired) electrons. The maximum Gasteiger partial charge on any atom is 0.323 e. The second-order valence-electron chi connectivity index (χ2n) is 5.20. The largest absolute Gasteiger partial charge is 0.480 e. The number of aliphatic hydroxyl groups is 1. The Labute approximate surface area is 107 Å². The number of hydrogen-bond acceptors (Lipinski definition) is 4. The lowest BCUT2D eigenvalue weighted by molar-refractivity contribution is -0.144. The van der Waals surface area contributed by atoms with Gasteiger partial charge in [-0.25, -0.2) is 0 Å². The highest BCUT2D eigenvalue weighted by Gasteiger charge is 2.39. The van der Waals surface area contributed by atoms with Gasteiger partial charge in [-0.2, -0.15) is 11.8 Å². The maximum atomic E-state index is 11.4. The molecule has 3 N–H and O–H groups in total. The summed E-state index contributed by atoms with van der Waals surface area (Å²) >= 11 is 1.64. The molecule has 1 aliphatic carbocycles. The number of carboxylic acids is 1. The lowest BCUT2D eigenvalue weighted by Gasteiger charge is -2.30. The summed E-state index contributed by atoms with van der Waals surface area (Å²) in [6.07, 6.45) is 2.74. The summed E-state index contributed by atoms with van der Waals surface area (Å²) in [5.41, 5.74) is -0.844. The molecule has 1 rings (SSSR count). The minimum atomic E-state index is -0.844. The van der Waals surface area contributed by atoms with Gasteiger partial charge in [-0.1, -0.05) is 13.8 Å². The molecule has 3 atom stereocenters. The van der Waals surface area contributed by atoms with Gasteiger partial charge in [0.2, 0.25) is 0 Å². The first kappa shape index (κ1) is 14.8. The maximum absolute atomic E-state index is 11.4. The van der Waals surface area contributed by atoms with E-state index in [1.165, 1.54) is 0 Å². The third-order valence-electron chi connectivity index (χ3n) is 2.99. The lowest BCUT2D eigenvalue weighted by Crippen LogP contribution is -2.52. The highest BCUT2D eigenvalue weighted by Crippen LogP contribution is 2.29. The van der Waals surface area contributed by atoms with Crippen molar-refractivity contribution in [2.45, 2.75) is 62.1 Å². The molecule has 1 fully saturated rings. The molecule has 0 saturated heterocycles. The molecule has 0 aromatic heterocycles. The number of nitrogens with one attached hydrogen (secondary N) is 1. The van der Waals surface area contributed by atoms with Crippen LogP contribution in [0.3, 0.4) is 0 Å². The number of carboxylic acid groups (broad SMARTS) is 1. The molecule has 100 valence electrons. The van der Waals surface area contributed by atoms with Gasteiger partial charge in [0, 0.05) is 16.5 Å². The van der Waals surface area contributed by atoms with Crippen molar-refractivity contribution in [1.29, 1.82) is 0 Å². The average Bonchev–Trinajstić information content (AvgIpc) is 3.00. The van der Waals surface area contributed by atoms with E-state index in [-0.39, 0.29) is 17.1 Å². The second kappa shape index (κ2) is 6.07. The van der Waals surface area contributed by atoms with Crippen molar-refractivity contribution in [2.24, 2.45) is 0 Å². The molecule has 0 bridgehead atoms. The first-order valence-electron chi connectivity index (χ1n) is 6.15. The predicted molar refractivity (Wildman–Crippen MR) is 70.4 cm³/mol. The predicted octanol–water partition coefficient (Wildman–Crippen LogP) is 1.47. The number of hydrogen-bond donors (Lipinski definition) is 3. The quantitative estimate of drug-likeness (QED) is 0.617. The zero-order chi connectivity index (χ0) is 13.1. The van der Waals surface area contributed by atoms with E-state index in [4.69, 9.17) is 5.11 Å². The summed E-state index contributed by atoms with van der Waals surface area (Å²) in [6, 6.07) is 0.378. The Kier molecular flexibility index (Phi) is 5.28. The fourth-order valence-electron chi connectivity index (χ4n) is 1.95. The topological polar surface area (TPSA) is 69.6 Å². The number of rotatable bonds is 8. The van der Waals surface area contributed by atoms with Crippen molar-refractivity contribution < 1.29 is 15.0 Å². The van der Waals surface area contributed by atoms with Crippen LogP contribution < -0.4 is 5.32 Å². The standard InChI is InChI=1S/C12H23NO3S/c1-8(17-9(2)7-14)6-12(3,11(15)16)13-10-4-5-10/h8-10,13-14H,4-7H2,1-3H3,(H,15,16). The number of carbonyl (C=O) groups is 1. The summed E-state index contributed by atoms with van der Waals surface area (Å²) in [4.78, 5) is 11.4. The Morgan fingerprint density at radius 2 is 2.06 bits per heavy atom. The van der Waals surface area contributed by atoms with Gasteiger partial charge in [0.1, 0.15) is 5.54 Å². The zero-order valence-electron chi connectivity index (χ0n) is 10.8. The SMILES string of the molecule is CC(CO)SC(C)CC(C)(NC1CC1)C(=O)O. The Hall–Kier alpha value is -0.260. The van der Waals surface area contributed by atoms with Crippen LogP contribution >= 0.6 is 11.8 Å². The fraction of sp³-hybridized carbons (Fsp3) is 0.917. The van der Waals surface area contributed by atoms with Gasteiger partial charge in [-0.3, -0.25) is 10.1 Å². The van der Waals surface area contributed by atoms with Crippen molar-refractivity contribution in [3.63, 3.8) is 0 Å². The Morgan fingerprint density at radius 1 is 1.47 bits per heavy atom. The first-order chi connectivity index (χ1) is 7.87. The van der Waals surface area contributed by atoms with E-state index in [2.05, 4.69) is 5.32 Å². The van der Waals surface area contributed by atoms with Crippen LogP contribution in [0.5, 0.6) is 0 Å². The normalized spacial score (nSPS) is 22.8. The van der Waals surface area contributed by atoms with E-state index in [1.807, 2.05) is 13.8 Å². The van der Waals surface area contributed by atoms with Gasteiger partial charge in [0.25, 0.3) is 0 Å². The molecule has 4 nitrogen and oxygen atoms in total.